The Morgan fingerprint density at radius 1 is 0.980 bits per heavy atom. The van der Waals surface area contributed by atoms with Crippen molar-refractivity contribution < 1.29 is 17.9 Å². The maximum atomic E-state index is 14.5. The molecular weight excluding hydrogens is 639 g/mol. The normalized spacial score (nSPS) is 18.1. The number of hydrogen-bond acceptors (Lipinski definition) is 9. The monoisotopic (exact) mass is 683 g/mol. The van der Waals surface area contributed by atoms with E-state index in [0.717, 1.165) is 35.3 Å². The minimum atomic E-state index is -4.17. The molecule has 11 nitrogen and oxygen atoms in total. The van der Waals surface area contributed by atoms with E-state index in [9.17, 15) is 13.2 Å². The predicted molar refractivity (Wildman–Crippen MR) is 190 cm³/mol. The molecule has 49 heavy (non-hydrogen) atoms. The molecule has 258 valence electrons. The highest BCUT2D eigenvalue weighted by Gasteiger charge is 2.32. The van der Waals surface area contributed by atoms with Crippen molar-refractivity contribution in [3.63, 3.8) is 0 Å². The number of ether oxygens (including phenoxy) is 1. The first-order valence-corrected chi connectivity index (χ1v) is 18.3. The number of aromatic nitrogens is 4. The lowest BCUT2D eigenvalue weighted by Gasteiger charge is -2.35. The van der Waals surface area contributed by atoms with Crippen molar-refractivity contribution in [1.29, 1.82) is 0 Å². The van der Waals surface area contributed by atoms with Crippen molar-refractivity contribution in [2.75, 3.05) is 23.3 Å². The van der Waals surface area contributed by atoms with Crippen molar-refractivity contribution in [2.45, 2.75) is 90.2 Å². The van der Waals surface area contributed by atoms with Gasteiger partial charge in [0.1, 0.15) is 12.4 Å². The Labute approximate surface area is 289 Å². The maximum Gasteiger partial charge on any atom is 0.264 e. The standard InChI is InChI=1S/C37H45N7O4S/c1-24-11-9-12-25(2)34(24)31-18-33-41-36(40-31)42-49(46,47)30-16-10-13-26(17-30)35(45)44(29(23-48-33)19-37(3,4)5)22-27-20-38-21-32(39-27)43(6)28-14-7-8-15-28/h9-13,16-18,20-21,28-29H,7-8,14-15,19,22-23H2,1-6H3,(H,40,41,42)/t29-/m1/s1. The molecule has 2 aromatic carbocycles. The third-order valence-corrected chi connectivity index (χ3v) is 10.6. The van der Waals surface area contributed by atoms with Crippen LogP contribution in [0.5, 0.6) is 5.88 Å². The zero-order valence-electron chi connectivity index (χ0n) is 29.1. The van der Waals surface area contributed by atoms with Gasteiger partial charge in [-0.1, -0.05) is 57.9 Å². The van der Waals surface area contributed by atoms with E-state index in [1.807, 2.05) is 39.1 Å². The molecule has 1 N–H and O–H groups in total. The number of benzene rings is 2. The molecule has 1 fully saturated rings. The number of carbonyl (C=O) groups excluding carboxylic acids is 1. The molecule has 2 aliphatic rings. The summed E-state index contributed by atoms with van der Waals surface area (Å²) in [5.74, 6) is 0.508. The summed E-state index contributed by atoms with van der Waals surface area (Å²) in [6.07, 6.45) is 8.66. The Hall–Kier alpha value is -4.58. The topological polar surface area (TPSA) is 131 Å². The fourth-order valence-electron chi connectivity index (χ4n) is 6.84. The Bertz CT molecular complexity index is 1930. The molecule has 0 radical (unpaired) electrons. The number of nitrogens with one attached hydrogen (secondary N) is 1. The van der Waals surface area contributed by atoms with Crippen molar-refractivity contribution >= 4 is 27.7 Å². The maximum absolute atomic E-state index is 14.5. The fraction of sp³-hybridized carbons (Fsp3) is 0.432. The van der Waals surface area contributed by atoms with Gasteiger partial charge in [-0.15, -0.1) is 0 Å². The third kappa shape index (κ3) is 7.85. The van der Waals surface area contributed by atoms with Crippen LogP contribution in [-0.2, 0) is 16.6 Å². The first-order chi connectivity index (χ1) is 23.3. The first kappa shape index (κ1) is 34.3. The van der Waals surface area contributed by atoms with Crippen molar-refractivity contribution in [2.24, 2.45) is 5.41 Å². The molecular formula is C37H45N7O4S. The lowest BCUT2D eigenvalue weighted by molar-refractivity contribution is 0.0509. The number of fused-ring (bicyclic) bond motifs is 4. The molecule has 2 aromatic heterocycles. The van der Waals surface area contributed by atoms with Crippen LogP contribution in [0.4, 0.5) is 11.8 Å². The minimum absolute atomic E-state index is 0.0755. The molecule has 1 saturated carbocycles. The number of sulfonamides is 1. The van der Waals surface area contributed by atoms with E-state index in [2.05, 4.69) is 45.3 Å². The second-order valence-electron chi connectivity index (χ2n) is 14.4. The van der Waals surface area contributed by atoms with Gasteiger partial charge in [0, 0.05) is 30.3 Å². The van der Waals surface area contributed by atoms with Crippen LogP contribution in [0.1, 0.15) is 80.1 Å². The Kier molecular flexibility index (Phi) is 9.61. The second kappa shape index (κ2) is 13.7. The highest BCUT2D eigenvalue weighted by molar-refractivity contribution is 7.92. The predicted octanol–water partition coefficient (Wildman–Crippen LogP) is 6.57. The second-order valence-corrected chi connectivity index (χ2v) is 16.1. The summed E-state index contributed by atoms with van der Waals surface area (Å²) in [5.41, 5.74) is 4.03. The number of anilines is 2. The first-order valence-electron chi connectivity index (χ1n) is 16.8. The SMILES string of the molecule is Cc1cccc(C)c1-c1cc2nc(n1)NS(=O)(=O)c1cccc(c1)C(=O)N(Cc1cncc(N(C)C3CCCC3)n1)[C@H](CC(C)(C)C)CO2. The summed E-state index contributed by atoms with van der Waals surface area (Å²) in [7, 11) is -2.12. The van der Waals surface area contributed by atoms with Crippen LogP contribution >= 0.6 is 0 Å². The summed E-state index contributed by atoms with van der Waals surface area (Å²) in [6.45, 7) is 10.6. The van der Waals surface area contributed by atoms with Gasteiger partial charge in [0.25, 0.3) is 15.9 Å². The van der Waals surface area contributed by atoms with Gasteiger partial charge in [-0.05, 0) is 67.9 Å². The molecule has 12 heteroatoms. The van der Waals surface area contributed by atoms with Crippen molar-refractivity contribution in [1.82, 2.24) is 24.8 Å². The Balaban J connectivity index is 1.45. The van der Waals surface area contributed by atoms with E-state index in [1.165, 1.54) is 25.0 Å². The number of hydrogen-bond donors (Lipinski definition) is 1. The van der Waals surface area contributed by atoms with Crippen molar-refractivity contribution in [3.8, 4) is 17.1 Å². The van der Waals surface area contributed by atoms with Gasteiger partial charge in [0.15, 0.2) is 0 Å². The molecule has 6 rings (SSSR count). The van der Waals surface area contributed by atoms with Gasteiger partial charge in [0.05, 0.1) is 41.3 Å². The molecule has 1 aliphatic heterocycles. The highest BCUT2D eigenvalue weighted by Crippen LogP contribution is 2.32. The van der Waals surface area contributed by atoms with Gasteiger partial charge < -0.3 is 14.5 Å². The van der Waals surface area contributed by atoms with Crippen LogP contribution in [0, 0.1) is 19.3 Å². The largest absolute Gasteiger partial charge is 0.475 e. The number of carbonyl (C=O) groups is 1. The van der Waals surface area contributed by atoms with Crippen molar-refractivity contribution in [3.05, 3.63) is 83.3 Å². The average molecular weight is 684 g/mol. The molecule has 3 heterocycles. The summed E-state index contributed by atoms with van der Waals surface area (Å²) >= 11 is 0. The molecule has 4 bridgehead atoms. The number of rotatable bonds is 6. The molecule has 1 amide bonds. The quantitative estimate of drug-likeness (QED) is 0.240. The molecule has 4 aromatic rings. The fourth-order valence-corrected chi connectivity index (χ4v) is 7.83. The zero-order valence-corrected chi connectivity index (χ0v) is 29.9. The van der Waals surface area contributed by atoms with Crippen LogP contribution in [-0.4, -0.2) is 64.9 Å². The van der Waals surface area contributed by atoms with Crippen LogP contribution in [0.15, 0.2) is 65.8 Å². The smallest absolute Gasteiger partial charge is 0.264 e. The highest BCUT2D eigenvalue weighted by atomic mass is 32.2. The number of aryl methyl sites for hydroxylation is 2. The van der Waals surface area contributed by atoms with E-state index in [0.29, 0.717) is 23.9 Å². The summed E-state index contributed by atoms with van der Waals surface area (Å²) in [5, 5.41) is 0. The van der Waals surface area contributed by atoms with E-state index in [1.54, 1.807) is 35.5 Å². The van der Waals surface area contributed by atoms with Gasteiger partial charge in [-0.3, -0.25) is 9.78 Å². The van der Waals surface area contributed by atoms with E-state index in [-0.39, 0.29) is 46.8 Å². The van der Waals surface area contributed by atoms with Gasteiger partial charge in [-0.2, -0.15) is 4.98 Å². The van der Waals surface area contributed by atoms with Crippen LogP contribution < -0.4 is 14.4 Å². The lowest BCUT2D eigenvalue weighted by Crippen LogP contribution is -2.45. The van der Waals surface area contributed by atoms with Gasteiger partial charge in [0.2, 0.25) is 11.8 Å². The summed E-state index contributed by atoms with van der Waals surface area (Å²) in [6, 6.07) is 13.7. The average Bonchev–Trinajstić information content (AvgIpc) is 3.59. The Morgan fingerprint density at radius 2 is 1.69 bits per heavy atom. The van der Waals surface area contributed by atoms with Gasteiger partial charge in [-0.25, -0.2) is 23.1 Å². The number of nitrogens with zero attached hydrogens (tertiary/aromatic N) is 6. The zero-order chi connectivity index (χ0) is 34.9. The van der Waals surface area contributed by atoms with Gasteiger partial charge >= 0.3 is 0 Å². The van der Waals surface area contributed by atoms with Crippen LogP contribution in [0.2, 0.25) is 0 Å². The lowest BCUT2D eigenvalue weighted by atomic mass is 9.87. The molecule has 1 aliphatic carbocycles. The molecule has 0 spiro atoms. The van der Waals surface area contributed by atoms with E-state index < -0.39 is 16.1 Å². The minimum Gasteiger partial charge on any atom is -0.475 e. The number of amides is 1. The summed E-state index contributed by atoms with van der Waals surface area (Å²) in [4.78, 5) is 37.0. The molecule has 1 atom stereocenters. The van der Waals surface area contributed by atoms with Crippen LogP contribution in [0.3, 0.4) is 0 Å². The van der Waals surface area contributed by atoms with Crippen LogP contribution in [0.25, 0.3) is 11.3 Å². The third-order valence-electron chi connectivity index (χ3n) is 9.27. The molecule has 0 saturated heterocycles. The summed E-state index contributed by atoms with van der Waals surface area (Å²) < 4.78 is 36.4. The molecule has 0 unspecified atom stereocenters. The Morgan fingerprint density at radius 3 is 2.41 bits per heavy atom. The van der Waals surface area contributed by atoms with E-state index >= 15 is 0 Å². The van der Waals surface area contributed by atoms with E-state index in [4.69, 9.17) is 9.72 Å².